The lowest BCUT2D eigenvalue weighted by atomic mass is 9.95. The lowest BCUT2D eigenvalue weighted by Gasteiger charge is -2.22. The van der Waals surface area contributed by atoms with E-state index >= 15 is 0 Å². The van der Waals surface area contributed by atoms with Gasteiger partial charge in [0.1, 0.15) is 6.04 Å². The molecule has 0 saturated heterocycles. The zero-order chi connectivity index (χ0) is 11.7. The van der Waals surface area contributed by atoms with Crippen molar-refractivity contribution in [3.05, 3.63) is 39.4 Å². The summed E-state index contributed by atoms with van der Waals surface area (Å²) in [4.78, 5) is 20.9. The van der Waals surface area contributed by atoms with Crippen molar-refractivity contribution in [3.63, 3.8) is 0 Å². The van der Waals surface area contributed by atoms with E-state index in [0.29, 0.717) is 6.54 Å². The van der Waals surface area contributed by atoms with Crippen molar-refractivity contribution in [2.24, 2.45) is 0 Å². The van der Waals surface area contributed by atoms with Gasteiger partial charge in [0.05, 0.1) is 4.92 Å². The molecular weight excluding hydrogens is 212 g/mol. The van der Waals surface area contributed by atoms with Crippen LogP contribution in [0.5, 0.6) is 0 Å². The molecule has 1 atom stereocenters. The molecule has 2 N–H and O–H groups in total. The predicted octanol–water partition coefficient (Wildman–Crippen LogP) is 0.694. The number of nitrogens with zero attached hydrogens (tertiary/aromatic N) is 1. The van der Waals surface area contributed by atoms with Gasteiger partial charge in [-0.3, -0.25) is 14.9 Å². The second kappa shape index (κ2) is 3.90. The maximum Gasteiger partial charge on any atom is 0.321 e. The Labute approximate surface area is 91.0 Å². The van der Waals surface area contributed by atoms with Crippen LogP contribution in [0.25, 0.3) is 0 Å². The first kappa shape index (κ1) is 10.6. The number of non-ortho nitro benzene ring substituents is 1. The molecule has 1 aliphatic rings. The number of carboxylic acids is 1. The number of hydrogen-bond donors (Lipinski definition) is 2. The van der Waals surface area contributed by atoms with Gasteiger partial charge < -0.3 is 10.4 Å². The van der Waals surface area contributed by atoms with Crippen LogP contribution in [-0.2, 0) is 17.8 Å². The van der Waals surface area contributed by atoms with Crippen molar-refractivity contribution in [3.8, 4) is 0 Å². The van der Waals surface area contributed by atoms with Crippen LogP contribution in [-0.4, -0.2) is 22.0 Å². The monoisotopic (exact) mass is 222 g/mol. The van der Waals surface area contributed by atoms with Gasteiger partial charge in [-0.1, -0.05) is 6.07 Å². The summed E-state index contributed by atoms with van der Waals surface area (Å²) in [6.45, 7) is 0.435. The van der Waals surface area contributed by atoms with Gasteiger partial charge in [-0.05, 0) is 17.5 Å². The molecule has 0 bridgehead atoms. The Kier molecular flexibility index (Phi) is 2.57. The first-order chi connectivity index (χ1) is 7.58. The second-order valence-corrected chi connectivity index (χ2v) is 3.69. The van der Waals surface area contributed by atoms with Gasteiger partial charge in [0.25, 0.3) is 5.69 Å². The van der Waals surface area contributed by atoms with E-state index in [-0.39, 0.29) is 12.1 Å². The van der Waals surface area contributed by atoms with Crippen LogP contribution in [0.3, 0.4) is 0 Å². The minimum absolute atomic E-state index is 0.00443. The average molecular weight is 222 g/mol. The molecule has 0 unspecified atom stereocenters. The lowest BCUT2D eigenvalue weighted by molar-refractivity contribution is -0.384. The number of nitrogens with one attached hydrogen (secondary N) is 1. The molecule has 16 heavy (non-hydrogen) atoms. The van der Waals surface area contributed by atoms with Gasteiger partial charge in [-0.25, -0.2) is 0 Å². The van der Waals surface area contributed by atoms with Crippen LogP contribution < -0.4 is 5.32 Å². The molecular formula is C10H10N2O4. The summed E-state index contributed by atoms with van der Waals surface area (Å²) in [5.74, 6) is -0.933. The van der Waals surface area contributed by atoms with Crippen molar-refractivity contribution >= 4 is 11.7 Å². The number of benzene rings is 1. The van der Waals surface area contributed by atoms with Crippen molar-refractivity contribution in [1.82, 2.24) is 5.32 Å². The van der Waals surface area contributed by atoms with Crippen LogP contribution >= 0.6 is 0 Å². The summed E-state index contributed by atoms with van der Waals surface area (Å²) in [6.07, 6.45) is 0.284. The van der Waals surface area contributed by atoms with Crippen molar-refractivity contribution in [2.75, 3.05) is 0 Å². The number of hydrogen-bond acceptors (Lipinski definition) is 4. The Hall–Kier alpha value is -1.95. The third-order valence-electron chi connectivity index (χ3n) is 2.66. The molecule has 0 aromatic heterocycles. The van der Waals surface area contributed by atoms with Crippen LogP contribution in [0.4, 0.5) is 5.69 Å². The minimum Gasteiger partial charge on any atom is -0.480 e. The van der Waals surface area contributed by atoms with Gasteiger partial charge in [0, 0.05) is 18.7 Å². The number of carbonyl (C=O) groups is 1. The van der Waals surface area contributed by atoms with Gasteiger partial charge in [-0.15, -0.1) is 0 Å². The zero-order valence-electron chi connectivity index (χ0n) is 8.34. The highest BCUT2D eigenvalue weighted by Crippen LogP contribution is 2.22. The fourth-order valence-corrected chi connectivity index (χ4v) is 1.79. The highest BCUT2D eigenvalue weighted by Gasteiger charge is 2.24. The Balaban J connectivity index is 2.32. The van der Waals surface area contributed by atoms with Crippen molar-refractivity contribution < 1.29 is 14.8 Å². The van der Waals surface area contributed by atoms with E-state index in [9.17, 15) is 14.9 Å². The van der Waals surface area contributed by atoms with Crippen LogP contribution in [0.1, 0.15) is 11.1 Å². The van der Waals surface area contributed by atoms with E-state index in [1.54, 1.807) is 6.07 Å². The quantitative estimate of drug-likeness (QED) is 0.567. The normalized spacial score (nSPS) is 18.9. The van der Waals surface area contributed by atoms with E-state index in [1.807, 2.05) is 0 Å². The van der Waals surface area contributed by atoms with E-state index in [2.05, 4.69) is 5.32 Å². The molecule has 0 spiro atoms. The molecule has 1 heterocycles. The maximum absolute atomic E-state index is 10.8. The topological polar surface area (TPSA) is 92.5 Å². The molecule has 84 valence electrons. The number of nitro benzene ring substituents is 1. The molecule has 0 saturated carbocycles. The number of nitro groups is 1. The van der Waals surface area contributed by atoms with Crippen molar-refractivity contribution in [1.29, 1.82) is 0 Å². The summed E-state index contributed by atoms with van der Waals surface area (Å²) < 4.78 is 0. The van der Waals surface area contributed by atoms with E-state index < -0.39 is 16.9 Å². The Morgan fingerprint density at radius 3 is 2.88 bits per heavy atom. The van der Waals surface area contributed by atoms with Gasteiger partial charge in [0.2, 0.25) is 0 Å². The standard InChI is InChI=1S/C10H10N2O4/c13-10(14)9-4-7-3-8(12(15)16)2-1-6(7)5-11-9/h1-3,9,11H,4-5H2,(H,13,14)/t9-/m1/s1. The summed E-state index contributed by atoms with van der Waals surface area (Å²) in [7, 11) is 0. The summed E-state index contributed by atoms with van der Waals surface area (Å²) in [6, 6.07) is 3.89. The van der Waals surface area contributed by atoms with Crippen molar-refractivity contribution in [2.45, 2.75) is 19.0 Å². The number of carboxylic acid groups (broad SMARTS) is 1. The molecule has 6 nitrogen and oxygen atoms in total. The zero-order valence-corrected chi connectivity index (χ0v) is 8.34. The molecule has 1 aromatic carbocycles. The average Bonchev–Trinajstić information content (AvgIpc) is 2.27. The van der Waals surface area contributed by atoms with Gasteiger partial charge in [0.15, 0.2) is 0 Å². The first-order valence-electron chi connectivity index (χ1n) is 4.80. The Bertz CT molecular complexity index is 458. The SMILES string of the molecule is O=C(O)[C@H]1Cc2cc([N+](=O)[O-])ccc2CN1. The third kappa shape index (κ3) is 1.87. The predicted molar refractivity (Wildman–Crippen MR) is 55.1 cm³/mol. The number of rotatable bonds is 2. The molecule has 0 aliphatic carbocycles. The smallest absolute Gasteiger partial charge is 0.321 e. The molecule has 0 fully saturated rings. The van der Waals surface area contributed by atoms with E-state index in [4.69, 9.17) is 5.11 Å². The molecule has 1 aliphatic heterocycles. The minimum atomic E-state index is -0.933. The van der Waals surface area contributed by atoms with Gasteiger partial charge in [-0.2, -0.15) is 0 Å². The maximum atomic E-state index is 10.8. The summed E-state index contributed by atoms with van der Waals surface area (Å²) in [5.41, 5.74) is 1.66. The third-order valence-corrected chi connectivity index (χ3v) is 2.66. The molecule has 1 aromatic rings. The fourth-order valence-electron chi connectivity index (χ4n) is 1.79. The second-order valence-electron chi connectivity index (χ2n) is 3.69. The highest BCUT2D eigenvalue weighted by molar-refractivity contribution is 5.74. The fraction of sp³-hybridized carbons (Fsp3) is 0.300. The molecule has 0 amide bonds. The Morgan fingerprint density at radius 2 is 2.25 bits per heavy atom. The highest BCUT2D eigenvalue weighted by atomic mass is 16.6. The summed E-state index contributed by atoms with van der Waals surface area (Å²) >= 11 is 0. The molecule has 0 radical (unpaired) electrons. The lowest BCUT2D eigenvalue weighted by Crippen LogP contribution is -2.41. The summed E-state index contributed by atoms with van der Waals surface area (Å²) in [5, 5.41) is 22.3. The van der Waals surface area contributed by atoms with E-state index in [1.165, 1.54) is 12.1 Å². The van der Waals surface area contributed by atoms with Crippen LogP contribution in [0.15, 0.2) is 18.2 Å². The first-order valence-corrected chi connectivity index (χ1v) is 4.80. The Morgan fingerprint density at radius 1 is 1.50 bits per heavy atom. The molecule has 6 heteroatoms. The van der Waals surface area contributed by atoms with Gasteiger partial charge >= 0.3 is 5.97 Å². The number of fused-ring (bicyclic) bond motifs is 1. The van der Waals surface area contributed by atoms with E-state index in [0.717, 1.165) is 11.1 Å². The largest absolute Gasteiger partial charge is 0.480 e. The molecule has 2 rings (SSSR count). The van der Waals surface area contributed by atoms with Crippen LogP contribution in [0.2, 0.25) is 0 Å². The number of aliphatic carboxylic acids is 1. The van der Waals surface area contributed by atoms with Crippen LogP contribution in [0, 0.1) is 10.1 Å².